The van der Waals surface area contributed by atoms with Gasteiger partial charge in [-0.2, -0.15) is 0 Å². The van der Waals surface area contributed by atoms with Crippen molar-refractivity contribution in [2.45, 2.75) is 0 Å². The summed E-state index contributed by atoms with van der Waals surface area (Å²) in [7, 11) is 0. The van der Waals surface area contributed by atoms with E-state index in [0.717, 1.165) is 16.5 Å². The third-order valence-electron chi connectivity index (χ3n) is 5.08. The number of para-hydroxylation sites is 1. The largest absolute Gasteiger partial charge is 0.450 e. The molecule has 0 unspecified atom stereocenters. The summed E-state index contributed by atoms with van der Waals surface area (Å²) in [6, 6.07) is 21.5. The Balaban J connectivity index is 1.38. The first-order valence-corrected chi connectivity index (χ1v) is 9.83. The molecule has 156 valence electrons. The van der Waals surface area contributed by atoms with Crippen LogP contribution in [0.1, 0.15) is 20.9 Å². The summed E-state index contributed by atoms with van der Waals surface area (Å²) in [5, 5.41) is 3.64. The molecule has 7 heteroatoms. The Morgan fingerprint density at radius 1 is 0.875 bits per heavy atom. The fourth-order valence-corrected chi connectivity index (χ4v) is 3.56. The zero-order valence-corrected chi connectivity index (χ0v) is 16.7. The molecule has 0 aliphatic rings. The molecule has 0 saturated heterocycles. The molecule has 0 atom stereocenters. The number of nitrogens with zero attached hydrogens (tertiary/aromatic N) is 1. The lowest BCUT2D eigenvalue weighted by Gasteiger charge is -2.07. The van der Waals surface area contributed by atoms with Gasteiger partial charge in [0, 0.05) is 27.8 Å². The molecule has 3 N–H and O–H groups in total. The highest BCUT2D eigenvalue weighted by atomic mass is 16.3. The fraction of sp³-hybridized carbons (Fsp3) is 0. The van der Waals surface area contributed by atoms with Crippen LogP contribution in [0.4, 0.5) is 5.69 Å². The van der Waals surface area contributed by atoms with Gasteiger partial charge >= 0.3 is 0 Å². The van der Waals surface area contributed by atoms with Crippen molar-refractivity contribution >= 4 is 28.5 Å². The fourth-order valence-electron chi connectivity index (χ4n) is 3.56. The summed E-state index contributed by atoms with van der Waals surface area (Å²) in [6.07, 6.45) is 3.08. The third kappa shape index (κ3) is 3.52. The first-order valence-electron chi connectivity index (χ1n) is 9.83. The molecule has 0 aliphatic carbocycles. The van der Waals surface area contributed by atoms with E-state index in [-0.39, 0.29) is 11.7 Å². The third-order valence-corrected chi connectivity index (χ3v) is 5.08. The van der Waals surface area contributed by atoms with Crippen LogP contribution in [0.2, 0.25) is 0 Å². The number of primary amides is 1. The van der Waals surface area contributed by atoms with Gasteiger partial charge in [0.1, 0.15) is 11.8 Å². The zero-order valence-electron chi connectivity index (χ0n) is 16.7. The van der Waals surface area contributed by atoms with Crippen molar-refractivity contribution in [3.8, 4) is 22.6 Å². The maximum Gasteiger partial charge on any atom is 0.285 e. The molecule has 0 bridgehead atoms. The van der Waals surface area contributed by atoms with Crippen molar-refractivity contribution in [2.24, 2.45) is 5.73 Å². The number of furan rings is 1. The molecule has 0 aliphatic heterocycles. The molecule has 0 fully saturated rings. The molecule has 0 radical (unpaired) electrons. The van der Waals surface area contributed by atoms with Crippen LogP contribution in [0, 0.1) is 0 Å². The first kappa shape index (κ1) is 19.3. The molecule has 2 amide bonds. The van der Waals surface area contributed by atoms with Crippen molar-refractivity contribution in [3.05, 3.63) is 96.6 Å². The van der Waals surface area contributed by atoms with E-state index in [1.807, 2.05) is 30.3 Å². The van der Waals surface area contributed by atoms with Gasteiger partial charge in [-0.05, 0) is 48.0 Å². The van der Waals surface area contributed by atoms with E-state index in [1.54, 1.807) is 48.7 Å². The van der Waals surface area contributed by atoms with Gasteiger partial charge < -0.3 is 19.9 Å². The Morgan fingerprint density at radius 3 is 2.28 bits per heavy atom. The van der Waals surface area contributed by atoms with Crippen LogP contribution in [-0.2, 0) is 0 Å². The molecular weight excluding hydrogens is 406 g/mol. The number of nitrogens with two attached hydrogens (primary N) is 1. The van der Waals surface area contributed by atoms with Crippen molar-refractivity contribution < 1.29 is 18.4 Å². The Labute approximate surface area is 182 Å². The molecule has 5 aromatic rings. The van der Waals surface area contributed by atoms with Gasteiger partial charge in [0.25, 0.3) is 11.8 Å². The molecule has 3 aromatic carbocycles. The highest BCUT2D eigenvalue weighted by Gasteiger charge is 2.20. The first-order chi connectivity index (χ1) is 15.6. The number of hydrogen-bond donors (Lipinski definition) is 2. The SMILES string of the molecule is NC(=O)c1oc2ccccc2c1-c1ccc(C(=O)Nc2ccc(-c3ncco3)cc2)cc1. The highest BCUT2D eigenvalue weighted by Crippen LogP contribution is 2.34. The number of amides is 2. The number of carbonyl (C=O) groups is 2. The van der Waals surface area contributed by atoms with Crippen LogP contribution in [0.5, 0.6) is 0 Å². The standard InChI is InChI=1S/C25H17N3O4/c26-23(29)22-21(19-3-1-2-4-20(19)32-22)15-5-7-16(8-6-15)24(30)28-18-11-9-17(10-12-18)25-27-13-14-31-25/h1-14H,(H2,26,29)(H,28,30). The van der Waals surface area contributed by atoms with Gasteiger partial charge in [-0.25, -0.2) is 4.98 Å². The Hall–Kier alpha value is -4.65. The number of aromatic nitrogens is 1. The number of oxazole rings is 1. The average Bonchev–Trinajstić information content (AvgIpc) is 3.48. The minimum Gasteiger partial charge on any atom is -0.450 e. The molecule has 2 aromatic heterocycles. The maximum absolute atomic E-state index is 12.7. The minimum absolute atomic E-state index is 0.0922. The van der Waals surface area contributed by atoms with Crippen LogP contribution >= 0.6 is 0 Å². The predicted octanol–water partition coefficient (Wildman–Crippen LogP) is 5.11. The Kier molecular flexibility index (Phi) is 4.76. The minimum atomic E-state index is -0.647. The van der Waals surface area contributed by atoms with E-state index in [0.29, 0.717) is 28.3 Å². The smallest absolute Gasteiger partial charge is 0.285 e. The number of benzene rings is 3. The molecular formula is C25H17N3O4. The van der Waals surface area contributed by atoms with Crippen molar-refractivity contribution in [1.29, 1.82) is 0 Å². The van der Waals surface area contributed by atoms with Crippen LogP contribution in [0.15, 0.2) is 94.1 Å². The molecule has 7 nitrogen and oxygen atoms in total. The number of carbonyl (C=O) groups excluding carboxylic acids is 2. The van der Waals surface area contributed by atoms with Gasteiger partial charge in [0.2, 0.25) is 5.89 Å². The number of hydrogen-bond acceptors (Lipinski definition) is 5. The lowest BCUT2D eigenvalue weighted by molar-refractivity contribution is 0.0975. The molecule has 32 heavy (non-hydrogen) atoms. The summed E-state index contributed by atoms with van der Waals surface area (Å²) < 4.78 is 10.9. The second kappa shape index (κ2) is 7.88. The van der Waals surface area contributed by atoms with E-state index in [1.165, 1.54) is 6.26 Å². The van der Waals surface area contributed by atoms with Gasteiger partial charge in [-0.15, -0.1) is 0 Å². The van der Waals surface area contributed by atoms with Crippen molar-refractivity contribution in [1.82, 2.24) is 4.98 Å². The summed E-state index contributed by atoms with van der Waals surface area (Å²) in [5.41, 5.74) is 9.37. The monoisotopic (exact) mass is 423 g/mol. The van der Waals surface area contributed by atoms with Crippen LogP contribution in [0.3, 0.4) is 0 Å². The molecule has 0 saturated carbocycles. The van der Waals surface area contributed by atoms with Crippen LogP contribution < -0.4 is 11.1 Å². The number of nitrogens with one attached hydrogen (secondary N) is 1. The topological polar surface area (TPSA) is 111 Å². The van der Waals surface area contributed by atoms with E-state index >= 15 is 0 Å². The summed E-state index contributed by atoms with van der Waals surface area (Å²) in [5.74, 6) is -0.297. The van der Waals surface area contributed by atoms with Crippen LogP contribution in [-0.4, -0.2) is 16.8 Å². The van der Waals surface area contributed by atoms with E-state index in [2.05, 4.69) is 10.3 Å². The van der Waals surface area contributed by atoms with Crippen molar-refractivity contribution in [2.75, 3.05) is 5.32 Å². The van der Waals surface area contributed by atoms with Gasteiger partial charge in [-0.1, -0.05) is 30.3 Å². The summed E-state index contributed by atoms with van der Waals surface area (Å²) in [4.78, 5) is 28.7. The maximum atomic E-state index is 12.7. The zero-order chi connectivity index (χ0) is 22.1. The number of fused-ring (bicyclic) bond motifs is 1. The Bertz CT molecular complexity index is 1420. The summed E-state index contributed by atoms with van der Waals surface area (Å²) in [6.45, 7) is 0. The summed E-state index contributed by atoms with van der Waals surface area (Å²) >= 11 is 0. The van der Waals surface area contributed by atoms with E-state index in [4.69, 9.17) is 14.6 Å². The van der Waals surface area contributed by atoms with E-state index in [9.17, 15) is 9.59 Å². The lowest BCUT2D eigenvalue weighted by atomic mass is 10.00. The van der Waals surface area contributed by atoms with Gasteiger partial charge in [-0.3, -0.25) is 9.59 Å². The highest BCUT2D eigenvalue weighted by molar-refractivity contribution is 6.08. The van der Waals surface area contributed by atoms with Crippen molar-refractivity contribution in [3.63, 3.8) is 0 Å². The number of anilines is 1. The van der Waals surface area contributed by atoms with Gasteiger partial charge in [0.15, 0.2) is 5.76 Å². The normalized spacial score (nSPS) is 10.9. The molecule has 5 rings (SSSR count). The molecule has 0 spiro atoms. The second-order valence-electron chi connectivity index (χ2n) is 7.11. The average molecular weight is 423 g/mol. The number of rotatable bonds is 5. The molecule has 2 heterocycles. The second-order valence-corrected chi connectivity index (χ2v) is 7.11. The van der Waals surface area contributed by atoms with E-state index < -0.39 is 5.91 Å². The lowest BCUT2D eigenvalue weighted by Crippen LogP contribution is -2.12. The predicted molar refractivity (Wildman–Crippen MR) is 120 cm³/mol. The Morgan fingerprint density at radius 2 is 1.59 bits per heavy atom. The van der Waals surface area contributed by atoms with Crippen LogP contribution in [0.25, 0.3) is 33.6 Å². The van der Waals surface area contributed by atoms with Gasteiger partial charge in [0.05, 0.1) is 6.20 Å². The quantitative estimate of drug-likeness (QED) is 0.408.